The first-order chi connectivity index (χ1) is 5.24. The van der Waals surface area contributed by atoms with E-state index in [4.69, 9.17) is 10.8 Å². The van der Waals surface area contributed by atoms with Crippen LogP contribution in [0.2, 0.25) is 0 Å². The first-order valence-corrected chi connectivity index (χ1v) is 3.53. The topological polar surface area (TPSA) is 59.1 Å². The maximum Gasteiger partial charge on any atom is 0.0704 e. The summed E-state index contributed by atoms with van der Waals surface area (Å²) in [5.74, 6) is 0. The third kappa shape index (κ3) is 2.00. The van der Waals surface area contributed by atoms with Crippen molar-refractivity contribution in [1.29, 1.82) is 0 Å². The van der Waals surface area contributed by atoms with Crippen molar-refractivity contribution < 1.29 is 5.11 Å². The Hall–Kier alpha value is -0.930. The fourth-order valence-electron chi connectivity index (χ4n) is 0.792. The van der Waals surface area contributed by atoms with Gasteiger partial charge in [-0.3, -0.25) is 4.98 Å². The highest BCUT2D eigenvalue weighted by molar-refractivity contribution is 5.14. The van der Waals surface area contributed by atoms with Crippen LogP contribution < -0.4 is 5.73 Å². The Kier molecular flexibility index (Phi) is 2.57. The average molecular weight is 152 g/mol. The van der Waals surface area contributed by atoms with E-state index in [0.29, 0.717) is 0 Å². The zero-order valence-corrected chi connectivity index (χ0v) is 6.49. The number of pyridine rings is 1. The number of nitrogens with two attached hydrogens (primary N) is 1. The lowest BCUT2D eigenvalue weighted by Crippen LogP contribution is -2.15. The van der Waals surface area contributed by atoms with E-state index in [1.165, 1.54) is 0 Å². The summed E-state index contributed by atoms with van der Waals surface area (Å²) in [5, 5.41) is 8.69. The first kappa shape index (κ1) is 8.17. The van der Waals surface area contributed by atoms with Gasteiger partial charge in [-0.1, -0.05) is 6.07 Å². The third-order valence-corrected chi connectivity index (χ3v) is 1.51. The van der Waals surface area contributed by atoms with Gasteiger partial charge in [-0.25, -0.2) is 0 Å². The molecule has 0 radical (unpaired) electrons. The van der Waals surface area contributed by atoms with Crippen molar-refractivity contribution in [3.8, 4) is 0 Å². The minimum absolute atomic E-state index is 0.0595. The van der Waals surface area contributed by atoms with Gasteiger partial charge in [0.2, 0.25) is 0 Å². The molecule has 1 rings (SSSR count). The second-order valence-corrected chi connectivity index (χ2v) is 2.55. The van der Waals surface area contributed by atoms with Crippen molar-refractivity contribution >= 4 is 0 Å². The Morgan fingerprint density at radius 3 is 2.82 bits per heavy atom. The maximum atomic E-state index is 8.69. The van der Waals surface area contributed by atoms with E-state index in [1.54, 1.807) is 6.20 Å². The van der Waals surface area contributed by atoms with Crippen LogP contribution in [0.5, 0.6) is 0 Å². The number of hydrogen-bond donors (Lipinski definition) is 2. The van der Waals surface area contributed by atoms with Crippen LogP contribution in [-0.2, 0) is 0 Å². The molecule has 0 saturated carbocycles. The molecule has 0 aliphatic heterocycles. The van der Waals surface area contributed by atoms with Gasteiger partial charge < -0.3 is 10.8 Å². The lowest BCUT2D eigenvalue weighted by atomic mass is 10.2. The molecule has 3 N–H and O–H groups in total. The quantitative estimate of drug-likeness (QED) is 0.644. The summed E-state index contributed by atoms with van der Waals surface area (Å²) in [6, 6.07) is 3.41. The zero-order chi connectivity index (χ0) is 8.27. The summed E-state index contributed by atoms with van der Waals surface area (Å²) in [5.41, 5.74) is 7.36. The van der Waals surface area contributed by atoms with Crippen molar-refractivity contribution in [3.05, 3.63) is 29.6 Å². The Balaban J connectivity index is 2.81. The van der Waals surface area contributed by atoms with Crippen molar-refractivity contribution in [2.75, 3.05) is 6.61 Å². The number of aliphatic hydroxyl groups is 1. The Labute approximate surface area is 65.9 Å². The van der Waals surface area contributed by atoms with Crippen LogP contribution in [0, 0.1) is 6.92 Å². The van der Waals surface area contributed by atoms with E-state index in [0.717, 1.165) is 11.3 Å². The van der Waals surface area contributed by atoms with Gasteiger partial charge in [0.15, 0.2) is 0 Å². The molecule has 1 heterocycles. The van der Waals surface area contributed by atoms with Crippen LogP contribution >= 0.6 is 0 Å². The van der Waals surface area contributed by atoms with Crippen LogP contribution in [0.4, 0.5) is 0 Å². The van der Waals surface area contributed by atoms with Crippen molar-refractivity contribution in [2.45, 2.75) is 13.0 Å². The molecule has 0 spiro atoms. The van der Waals surface area contributed by atoms with Gasteiger partial charge in [0.25, 0.3) is 0 Å². The second kappa shape index (κ2) is 3.46. The van der Waals surface area contributed by atoms with Crippen molar-refractivity contribution in [2.24, 2.45) is 5.73 Å². The molecule has 3 heteroatoms. The highest BCUT2D eigenvalue weighted by Crippen LogP contribution is 2.05. The molecule has 0 fully saturated rings. The van der Waals surface area contributed by atoms with E-state index < -0.39 is 0 Å². The Morgan fingerprint density at radius 1 is 1.64 bits per heavy atom. The molecule has 60 valence electrons. The van der Waals surface area contributed by atoms with Gasteiger partial charge in [0, 0.05) is 6.20 Å². The summed E-state index contributed by atoms with van der Waals surface area (Å²) in [7, 11) is 0. The molecule has 0 aliphatic carbocycles. The summed E-state index contributed by atoms with van der Waals surface area (Å²) in [4.78, 5) is 4.06. The van der Waals surface area contributed by atoms with Gasteiger partial charge in [-0.15, -0.1) is 0 Å². The van der Waals surface area contributed by atoms with E-state index in [1.807, 2.05) is 19.1 Å². The third-order valence-electron chi connectivity index (χ3n) is 1.51. The predicted molar refractivity (Wildman–Crippen MR) is 43.0 cm³/mol. The van der Waals surface area contributed by atoms with Crippen molar-refractivity contribution in [1.82, 2.24) is 4.98 Å². The van der Waals surface area contributed by atoms with Gasteiger partial charge in [-0.05, 0) is 18.6 Å². The Bertz CT molecular complexity index is 220. The van der Waals surface area contributed by atoms with Gasteiger partial charge in [0.05, 0.1) is 18.3 Å². The number of hydrogen-bond acceptors (Lipinski definition) is 3. The molecule has 1 aromatic heterocycles. The van der Waals surface area contributed by atoms with Gasteiger partial charge >= 0.3 is 0 Å². The number of aliphatic hydroxyl groups excluding tert-OH is 1. The smallest absolute Gasteiger partial charge is 0.0704 e. The van der Waals surface area contributed by atoms with Crippen LogP contribution in [0.3, 0.4) is 0 Å². The molecule has 1 unspecified atom stereocenters. The largest absolute Gasteiger partial charge is 0.394 e. The number of aryl methyl sites for hydroxylation is 1. The SMILES string of the molecule is Cc1ccc(C(N)CO)nc1. The molecule has 0 aromatic carbocycles. The molecular formula is C8H12N2O. The first-order valence-electron chi connectivity index (χ1n) is 3.53. The van der Waals surface area contributed by atoms with Crippen molar-refractivity contribution in [3.63, 3.8) is 0 Å². The maximum absolute atomic E-state index is 8.69. The van der Waals surface area contributed by atoms with Crippen LogP contribution in [0.1, 0.15) is 17.3 Å². The van der Waals surface area contributed by atoms with Crippen LogP contribution in [0.15, 0.2) is 18.3 Å². The summed E-state index contributed by atoms with van der Waals surface area (Å²) in [6.45, 7) is 1.90. The van der Waals surface area contributed by atoms with E-state index in [-0.39, 0.29) is 12.6 Å². The van der Waals surface area contributed by atoms with Crippen LogP contribution in [-0.4, -0.2) is 16.7 Å². The Morgan fingerprint density at radius 2 is 2.36 bits per heavy atom. The number of nitrogens with zero attached hydrogens (tertiary/aromatic N) is 1. The molecule has 0 amide bonds. The molecule has 11 heavy (non-hydrogen) atoms. The molecule has 1 aromatic rings. The van der Waals surface area contributed by atoms with Gasteiger partial charge in [-0.2, -0.15) is 0 Å². The summed E-state index contributed by atoms with van der Waals surface area (Å²) in [6.07, 6.45) is 1.74. The lowest BCUT2D eigenvalue weighted by Gasteiger charge is -2.06. The molecule has 0 aliphatic rings. The van der Waals surface area contributed by atoms with E-state index >= 15 is 0 Å². The van der Waals surface area contributed by atoms with Crippen LogP contribution in [0.25, 0.3) is 0 Å². The van der Waals surface area contributed by atoms with Gasteiger partial charge in [0.1, 0.15) is 0 Å². The molecular weight excluding hydrogens is 140 g/mol. The normalized spacial score (nSPS) is 13.0. The molecule has 0 bridgehead atoms. The summed E-state index contributed by atoms with van der Waals surface area (Å²) >= 11 is 0. The molecule has 3 nitrogen and oxygen atoms in total. The zero-order valence-electron chi connectivity index (χ0n) is 6.49. The van der Waals surface area contributed by atoms with E-state index in [2.05, 4.69) is 4.98 Å². The second-order valence-electron chi connectivity index (χ2n) is 2.55. The predicted octanol–water partition coefficient (Wildman–Crippen LogP) is 0.382. The standard InChI is InChI=1S/C8H12N2O/c1-6-2-3-8(10-4-6)7(9)5-11/h2-4,7,11H,5,9H2,1H3. The molecule has 0 saturated heterocycles. The minimum atomic E-state index is -0.351. The van der Waals surface area contributed by atoms with E-state index in [9.17, 15) is 0 Å². The summed E-state index contributed by atoms with van der Waals surface area (Å²) < 4.78 is 0. The lowest BCUT2D eigenvalue weighted by molar-refractivity contribution is 0.266. The fraction of sp³-hybridized carbons (Fsp3) is 0.375. The highest BCUT2D eigenvalue weighted by atomic mass is 16.3. The molecule has 1 atom stereocenters. The average Bonchev–Trinajstić information content (AvgIpc) is 2.05. The fourth-order valence-corrected chi connectivity index (χ4v) is 0.792. The highest BCUT2D eigenvalue weighted by Gasteiger charge is 2.03. The minimum Gasteiger partial charge on any atom is -0.394 e. The monoisotopic (exact) mass is 152 g/mol. The number of aromatic nitrogens is 1. The number of rotatable bonds is 2.